The molecule has 1 aliphatic heterocycles. The van der Waals surface area contributed by atoms with Crippen LogP contribution < -0.4 is 0 Å². The first kappa shape index (κ1) is 17.1. The van der Waals surface area contributed by atoms with Crippen molar-refractivity contribution in [1.29, 1.82) is 0 Å². The van der Waals surface area contributed by atoms with Crippen LogP contribution in [0.2, 0.25) is 0 Å². The quantitative estimate of drug-likeness (QED) is 0.709. The SMILES string of the molecule is C=C[C@]1(C)C=C2C(=O)[C@]3(O)OC[C@@]4(CCCC(C)(C)[C@@]43O)[C@H]2C(=O)C1. The van der Waals surface area contributed by atoms with E-state index in [0.29, 0.717) is 18.4 Å². The van der Waals surface area contributed by atoms with Crippen molar-refractivity contribution in [3.63, 3.8) is 0 Å². The van der Waals surface area contributed by atoms with Crippen molar-refractivity contribution in [3.05, 3.63) is 24.3 Å². The summed E-state index contributed by atoms with van der Waals surface area (Å²) in [6.45, 7) is 9.36. The van der Waals surface area contributed by atoms with Gasteiger partial charge >= 0.3 is 0 Å². The topological polar surface area (TPSA) is 83.8 Å². The Balaban J connectivity index is 2.02. The molecule has 0 aromatic heterocycles. The number of Topliss-reactive ketones (excluding diaryl/α,β-unsaturated/α-hetero) is 2. The summed E-state index contributed by atoms with van der Waals surface area (Å²) in [5, 5.41) is 23.0. The predicted molar refractivity (Wildman–Crippen MR) is 90.4 cm³/mol. The number of carbonyl (C=O) groups excluding carboxylic acids is 2. The number of ketones is 2. The first-order chi connectivity index (χ1) is 11.5. The molecule has 4 rings (SSSR count). The van der Waals surface area contributed by atoms with Crippen molar-refractivity contribution >= 4 is 11.6 Å². The van der Waals surface area contributed by atoms with Crippen molar-refractivity contribution in [1.82, 2.24) is 0 Å². The predicted octanol–water partition coefficient (Wildman–Crippen LogP) is 1.92. The maximum atomic E-state index is 13.2. The van der Waals surface area contributed by atoms with E-state index in [9.17, 15) is 19.8 Å². The summed E-state index contributed by atoms with van der Waals surface area (Å²) < 4.78 is 5.63. The third-order valence-electron chi connectivity index (χ3n) is 7.42. The number of hydrogen-bond donors (Lipinski definition) is 2. The average Bonchev–Trinajstić information content (AvgIpc) is 2.72. The zero-order chi connectivity index (χ0) is 18.5. The second-order valence-electron chi connectivity index (χ2n) is 9.25. The first-order valence-electron chi connectivity index (χ1n) is 9.01. The molecule has 0 radical (unpaired) electrons. The molecule has 1 heterocycles. The van der Waals surface area contributed by atoms with Gasteiger partial charge in [0.2, 0.25) is 5.78 Å². The van der Waals surface area contributed by atoms with Crippen LogP contribution in [0.15, 0.2) is 24.3 Å². The molecule has 136 valence electrons. The lowest BCUT2D eigenvalue weighted by Crippen LogP contribution is -2.77. The van der Waals surface area contributed by atoms with E-state index in [0.717, 1.165) is 6.42 Å². The van der Waals surface area contributed by atoms with E-state index in [1.54, 1.807) is 12.2 Å². The van der Waals surface area contributed by atoms with Crippen molar-refractivity contribution in [2.24, 2.45) is 22.2 Å². The number of hydrogen-bond acceptors (Lipinski definition) is 5. The highest BCUT2D eigenvalue weighted by molar-refractivity contribution is 6.10. The largest absolute Gasteiger partial charge is 0.382 e. The Hall–Kier alpha value is -1.30. The molecule has 2 saturated carbocycles. The minimum atomic E-state index is -2.29. The van der Waals surface area contributed by atoms with Gasteiger partial charge in [0, 0.05) is 28.2 Å². The lowest BCUT2D eigenvalue weighted by atomic mass is 9.41. The van der Waals surface area contributed by atoms with Crippen molar-refractivity contribution in [3.8, 4) is 0 Å². The van der Waals surface area contributed by atoms with Crippen LogP contribution in [0, 0.1) is 22.2 Å². The van der Waals surface area contributed by atoms with Crippen LogP contribution in [0.25, 0.3) is 0 Å². The molecule has 0 unspecified atom stereocenters. The van der Waals surface area contributed by atoms with Gasteiger partial charge in [0.1, 0.15) is 11.4 Å². The molecular formula is C20H26O5. The highest BCUT2D eigenvalue weighted by Crippen LogP contribution is 2.70. The normalized spacial score (nSPS) is 50.8. The molecule has 2 bridgehead atoms. The van der Waals surface area contributed by atoms with Crippen molar-refractivity contribution < 1.29 is 24.5 Å². The fourth-order valence-electron chi connectivity index (χ4n) is 6.13. The Kier molecular flexibility index (Phi) is 3.09. The zero-order valence-electron chi connectivity index (χ0n) is 15.1. The van der Waals surface area contributed by atoms with E-state index in [1.807, 2.05) is 20.8 Å². The lowest BCUT2D eigenvalue weighted by molar-refractivity contribution is -0.300. The zero-order valence-corrected chi connectivity index (χ0v) is 15.1. The molecule has 4 aliphatic rings. The maximum Gasteiger partial charge on any atom is 0.262 e. The van der Waals surface area contributed by atoms with Crippen LogP contribution >= 0.6 is 0 Å². The second kappa shape index (κ2) is 4.51. The van der Waals surface area contributed by atoms with Gasteiger partial charge in [-0.25, -0.2) is 0 Å². The highest BCUT2D eigenvalue weighted by Gasteiger charge is 2.83. The van der Waals surface area contributed by atoms with Gasteiger partial charge in [-0.1, -0.05) is 39.3 Å². The number of allylic oxidation sites excluding steroid dienone is 2. The molecule has 0 amide bonds. The van der Waals surface area contributed by atoms with Gasteiger partial charge in [0.05, 0.1) is 12.5 Å². The van der Waals surface area contributed by atoms with Gasteiger partial charge in [-0.05, 0) is 12.8 Å². The molecule has 0 aromatic carbocycles. The molecule has 2 N–H and O–H groups in total. The van der Waals surface area contributed by atoms with Gasteiger partial charge in [0.15, 0.2) is 0 Å². The Bertz CT molecular complexity index is 736. The Morgan fingerprint density at radius 3 is 2.56 bits per heavy atom. The van der Waals surface area contributed by atoms with E-state index < -0.39 is 39.3 Å². The summed E-state index contributed by atoms with van der Waals surface area (Å²) in [5.41, 5.74) is -3.80. The second-order valence-corrected chi connectivity index (χ2v) is 9.25. The van der Waals surface area contributed by atoms with Crippen LogP contribution in [0.1, 0.15) is 46.5 Å². The van der Waals surface area contributed by atoms with Crippen molar-refractivity contribution in [2.45, 2.75) is 57.8 Å². The van der Waals surface area contributed by atoms with E-state index in [-0.39, 0.29) is 18.8 Å². The molecule has 0 aromatic rings. The number of ether oxygens (including phenoxy) is 1. The summed E-state index contributed by atoms with van der Waals surface area (Å²) in [4.78, 5) is 26.4. The van der Waals surface area contributed by atoms with Crippen LogP contribution in [-0.4, -0.2) is 39.8 Å². The number of fused-ring (bicyclic) bond motifs is 1. The third-order valence-corrected chi connectivity index (χ3v) is 7.42. The monoisotopic (exact) mass is 346 g/mol. The summed E-state index contributed by atoms with van der Waals surface area (Å²) in [7, 11) is 0. The minimum Gasteiger partial charge on any atom is -0.382 e. The Morgan fingerprint density at radius 2 is 1.92 bits per heavy atom. The van der Waals surface area contributed by atoms with Gasteiger partial charge in [-0.2, -0.15) is 0 Å². The van der Waals surface area contributed by atoms with Crippen LogP contribution in [0.3, 0.4) is 0 Å². The first-order valence-corrected chi connectivity index (χ1v) is 9.01. The fourth-order valence-corrected chi connectivity index (χ4v) is 6.13. The van der Waals surface area contributed by atoms with E-state index in [4.69, 9.17) is 4.74 Å². The third kappa shape index (κ3) is 1.61. The molecule has 5 nitrogen and oxygen atoms in total. The molecule has 25 heavy (non-hydrogen) atoms. The van der Waals surface area contributed by atoms with Crippen LogP contribution in [0.5, 0.6) is 0 Å². The Labute approximate surface area is 147 Å². The summed E-state index contributed by atoms with van der Waals surface area (Å²) in [6, 6.07) is 0. The lowest BCUT2D eigenvalue weighted by Gasteiger charge is -2.62. The fraction of sp³-hybridized carbons (Fsp3) is 0.700. The van der Waals surface area contributed by atoms with Crippen molar-refractivity contribution in [2.75, 3.05) is 6.61 Å². The van der Waals surface area contributed by atoms with E-state index in [2.05, 4.69) is 6.58 Å². The van der Waals surface area contributed by atoms with Crippen LogP contribution in [-0.2, 0) is 14.3 Å². The molecular weight excluding hydrogens is 320 g/mol. The summed E-state index contributed by atoms with van der Waals surface area (Å²) in [5.74, 6) is -3.75. The molecule has 5 heteroatoms. The van der Waals surface area contributed by atoms with E-state index in [1.165, 1.54) is 0 Å². The molecule has 0 spiro atoms. The van der Waals surface area contributed by atoms with Gasteiger partial charge in [-0.3, -0.25) is 9.59 Å². The molecule has 1 saturated heterocycles. The minimum absolute atomic E-state index is 0.0215. The van der Waals surface area contributed by atoms with E-state index >= 15 is 0 Å². The number of carbonyl (C=O) groups is 2. The molecule has 5 atom stereocenters. The van der Waals surface area contributed by atoms with Gasteiger partial charge < -0.3 is 14.9 Å². The summed E-state index contributed by atoms with van der Waals surface area (Å²) >= 11 is 0. The van der Waals surface area contributed by atoms with Gasteiger partial charge in [0.25, 0.3) is 5.79 Å². The number of aliphatic hydroxyl groups is 2. The molecule has 3 fully saturated rings. The maximum absolute atomic E-state index is 13.2. The summed E-state index contributed by atoms with van der Waals surface area (Å²) in [6.07, 6.45) is 5.71. The standard InChI is InChI=1S/C20H26O5/c1-5-17(4)9-12-14(13(21)10-17)18-8-6-7-16(2,3)20(18,24)19(23,15(12)22)25-11-18/h5,9,14,23-24H,1,6-8,10-11H2,2-4H3/t14-,17-,18+,19+,20-/m1/s1. The van der Waals surface area contributed by atoms with Gasteiger partial charge in [-0.15, -0.1) is 6.58 Å². The molecule has 3 aliphatic carbocycles. The highest BCUT2D eigenvalue weighted by atomic mass is 16.7. The average molecular weight is 346 g/mol. The van der Waals surface area contributed by atoms with Crippen LogP contribution in [0.4, 0.5) is 0 Å². The number of rotatable bonds is 1. The smallest absolute Gasteiger partial charge is 0.262 e. The Morgan fingerprint density at radius 1 is 1.24 bits per heavy atom.